The van der Waals surface area contributed by atoms with Gasteiger partial charge in [0.1, 0.15) is 6.54 Å². The third kappa shape index (κ3) is 4.35. The summed E-state index contributed by atoms with van der Waals surface area (Å²) in [5.41, 5.74) is 0.434. The molecule has 0 aliphatic heterocycles. The molecule has 0 spiro atoms. The standard InChI is InChI=1S/C12H20N4O3/c1-3-5-7-13-10(17)8-16-9(6-4-2)11(12(18)19)14-15-16/h3-8H2,1-2H3,(H,13,17)(H,18,19). The molecule has 0 fully saturated rings. The van der Waals surface area contributed by atoms with Crippen LogP contribution in [0.1, 0.15) is 49.3 Å². The molecule has 0 radical (unpaired) electrons. The average molecular weight is 268 g/mol. The third-order valence-electron chi connectivity index (χ3n) is 2.67. The first-order valence-electron chi connectivity index (χ1n) is 6.52. The van der Waals surface area contributed by atoms with Gasteiger partial charge in [0.2, 0.25) is 5.91 Å². The van der Waals surface area contributed by atoms with Gasteiger partial charge in [-0.2, -0.15) is 0 Å². The molecule has 1 heterocycles. The number of carbonyl (C=O) groups excluding carboxylic acids is 1. The Morgan fingerprint density at radius 1 is 1.32 bits per heavy atom. The van der Waals surface area contributed by atoms with Crippen LogP contribution in [0.4, 0.5) is 0 Å². The Kier molecular flexibility index (Phi) is 5.98. The van der Waals surface area contributed by atoms with Gasteiger partial charge < -0.3 is 10.4 Å². The molecule has 106 valence electrons. The molecule has 1 amide bonds. The maximum Gasteiger partial charge on any atom is 0.358 e. The van der Waals surface area contributed by atoms with Crippen LogP contribution in [-0.4, -0.2) is 38.5 Å². The molecule has 1 aromatic rings. The Morgan fingerprint density at radius 2 is 2.05 bits per heavy atom. The highest BCUT2D eigenvalue weighted by molar-refractivity contribution is 5.86. The molecule has 0 bridgehead atoms. The molecule has 0 saturated heterocycles. The Balaban J connectivity index is 2.72. The van der Waals surface area contributed by atoms with E-state index in [2.05, 4.69) is 15.6 Å². The second-order valence-corrected chi connectivity index (χ2v) is 4.30. The van der Waals surface area contributed by atoms with Gasteiger partial charge >= 0.3 is 5.97 Å². The number of hydrogen-bond donors (Lipinski definition) is 2. The summed E-state index contributed by atoms with van der Waals surface area (Å²) in [5.74, 6) is -1.28. The molecule has 0 saturated carbocycles. The van der Waals surface area contributed by atoms with Gasteiger partial charge in [-0.3, -0.25) is 4.79 Å². The van der Waals surface area contributed by atoms with E-state index in [0.717, 1.165) is 19.3 Å². The molecule has 7 nitrogen and oxygen atoms in total. The number of carboxylic acids is 1. The highest BCUT2D eigenvalue weighted by atomic mass is 16.4. The molecular formula is C12H20N4O3. The number of carboxylic acid groups (broad SMARTS) is 1. The van der Waals surface area contributed by atoms with E-state index in [9.17, 15) is 9.59 Å². The maximum absolute atomic E-state index is 11.7. The van der Waals surface area contributed by atoms with Crippen molar-refractivity contribution < 1.29 is 14.7 Å². The molecule has 0 atom stereocenters. The SMILES string of the molecule is CCCCNC(=O)Cn1nnc(C(=O)O)c1CCC. The average Bonchev–Trinajstić information content (AvgIpc) is 2.73. The van der Waals surface area contributed by atoms with Gasteiger partial charge in [-0.15, -0.1) is 5.10 Å². The highest BCUT2D eigenvalue weighted by Gasteiger charge is 2.19. The number of unbranched alkanes of at least 4 members (excludes halogenated alkanes) is 1. The Hall–Kier alpha value is -1.92. The van der Waals surface area contributed by atoms with Crippen LogP contribution in [0.5, 0.6) is 0 Å². The Labute approximate surface area is 112 Å². The molecule has 0 unspecified atom stereocenters. The lowest BCUT2D eigenvalue weighted by Gasteiger charge is -2.07. The number of amides is 1. The van der Waals surface area contributed by atoms with Gasteiger partial charge in [-0.1, -0.05) is 31.9 Å². The zero-order valence-corrected chi connectivity index (χ0v) is 11.3. The zero-order valence-electron chi connectivity index (χ0n) is 11.3. The smallest absolute Gasteiger partial charge is 0.358 e. The third-order valence-corrected chi connectivity index (χ3v) is 2.67. The summed E-state index contributed by atoms with van der Waals surface area (Å²) in [6.07, 6.45) is 3.24. The van der Waals surface area contributed by atoms with Gasteiger partial charge in [0, 0.05) is 6.54 Å². The first-order valence-corrected chi connectivity index (χ1v) is 6.52. The molecule has 2 N–H and O–H groups in total. The molecule has 19 heavy (non-hydrogen) atoms. The van der Waals surface area contributed by atoms with E-state index in [1.807, 2.05) is 13.8 Å². The van der Waals surface area contributed by atoms with Crippen molar-refractivity contribution in [3.63, 3.8) is 0 Å². The van der Waals surface area contributed by atoms with Gasteiger partial charge in [-0.25, -0.2) is 9.48 Å². The van der Waals surface area contributed by atoms with E-state index in [1.54, 1.807) is 0 Å². The number of carbonyl (C=O) groups is 2. The van der Waals surface area contributed by atoms with Crippen LogP contribution < -0.4 is 5.32 Å². The fourth-order valence-electron chi connectivity index (χ4n) is 1.71. The van der Waals surface area contributed by atoms with E-state index in [-0.39, 0.29) is 18.1 Å². The molecule has 0 aliphatic carbocycles. The van der Waals surface area contributed by atoms with Gasteiger partial charge in [0.05, 0.1) is 5.69 Å². The minimum absolute atomic E-state index is 0.0132. The van der Waals surface area contributed by atoms with Crippen molar-refractivity contribution in [2.24, 2.45) is 0 Å². The minimum atomic E-state index is -1.11. The fraction of sp³-hybridized carbons (Fsp3) is 0.667. The Bertz CT molecular complexity index is 442. The largest absolute Gasteiger partial charge is 0.476 e. The second-order valence-electron chi connectivity index (χ2n) is 4.30. The summed E-state index contributed by atoms with van der Waals surface area (Å²) in [6.45, 7) is 4.62. The maximum atomic E-state index is 11.7. The lowest BCUT2D eigenvalue weighted by molar-refractivity contribution is -0.121. The number of aromatic nitrogens is 3. The van der Waals surface area contributed by atoms with Crippen LogP contribution in [0.3, 0.4) is 0 Å². The molecule has 0 aromatic carbocycles. The topological polar surface area (TPSA) is 97.1 Å². The number of rotatable bonds is 8. The van der Waals surface area contributed by atoms with Crippen LogP contribution in [0.25, 0.3) is 0 Å². The van der Waals surface area contributed by atoms with Crippen LogP contribution in [0.15, 0.2) is 0 Å². The molecule has 7 heteroatoms. The van der Waals surface area contributed by atoms with Crippen LogP contribution in [-0.2, 0) is 17.8 Å². The van der Waals surface area contributed by atoms with Crippen LogP contribution in [0.2, 0.25) is 0 Å². The first kappa shape index (κ1) is 15.1. The summed E-state index contributed by atoms with van der Waals surface area (Å²) < 4.78 is 1.37. The van der Waals surface area contributed by atoms with Gasteiger partial charge in [0.25, 0.3) is 0 Å². The number of nitrogens with zero attached hydrogens (tertiary/aromatic N) is 3. The summed E-state index contributed by atoms with van der Waals surface area (Å²) in [5, 5.41) is 19.1. The van der Waals surface area contributed by atoms with Crippen molar-refractivity contribution in [3.05, 3.63) is 11.4 Å². The zero-order chi connectivity index (χ0) is 14.3. The summed E-state index contributed by atoms with van der Waals surface area (Å²) in [6, 6.07) is 0. The Morgan fingerprint density at radius 3 is 2.63 bits per heavy atom. The molecule has 1 rings (SSSR count). The first-order chi connectivity index (χ1) is 9.10. The normalized spacial score (nSPS) is 10.4. The van der Waals surface area contributed by atoms with Crippen molar-refractivity contribution in [2.75, 3.05) is 6.54 Å². The van der Waals surface area contributed by atoms with Crippen molar-refractivity contribution in [1.82, 2.24) is 20.3 Å². The van der Waals surface area contributed by atoms with Gasteiger partial charge in [-0.05, 0) is 12.8 Å². The van der Waals surface area contributed by atoms with Crippen LogP contribution in [0, 0.1) is 0 Å². The summed E-state index contributed by atoms with van der Waals surface area (Å²) in [4.78, 5) is 22.7. The van der Waals surface area contributed by atoms with Crippen molar-refractivity contribution in [2.45, 2.75) is 46.1 Å². The van der Waals surface area contributed by atoms with Crippen molar-refractivity contribution in [3.8, 4) is 0 Å². The fourth-order valence-corrected chi connectivity index (χ4v) is 1.71. The predicted molar refractivity (Wildman–Crippen MR) is 68.9 cm³/mol. The lowest BCUT2D eigenvalue weighted by atomic mass is 10.2. The number of aromatic carboxylic acids is 1. The quantitative estimate of drug-likeness (QED) is 0.681. The van der Waals surface area contributed by atoms with E-state index in [1.165, 1.54) is 4.68 Å². The number of nitrogens with one attached hydrogen (secondary N) is 1. The highest BCUT2D eigenvalue weighted by Crippen LogP contribution is 2.08. The second kappa shape index (κ2) is 7.50. The van der Waals surface area contributed by atoms with E-state index in [0.29, 0.717) is 18.7 Å². The lowest BCUT2D eigenvalue weighted by Crippen LogP contribution is -2.29. The van der Waals surface area contributed by atoms with E-state index in [4.69, 9.17) is 5.11 Å². The number of hydrogen-bond acceptors (Lipinski definition) is 4. The molecular weight excluding hydrogens is 248 g/mol. The molecule has 0 aliphatic rings. The van der Waals surface area contributed by atoms with Gasteiger partial charge in [0.15, 0.2) is 5.69 Å². The summed E-state index contributed by atoms with van der Waals surface area (Å²) in [7, 11) is 0. The summed E-state index contributed by atoms with van der Waals surface area (Å²) >= 11 is 0. The van der Waals surface area contributed by atoms with Crippen molar-refractivity contribution in [1.29, 1.82) is 0 Å². The molecule has 1 aromatic heterocycles. The minimum Gasteiger partial charge on any atom is -0.476 e. The van der Waals surface area contributed by atoms with E-state index >= 15 is 0 Å². The monoisotopic (exact) mass is 268 g/mol. The van der Waals surface area contributed by atoms with E-state index < -0.39 is 5.97 Å². The van der Waals surface area contributed by atoms with Crippen molar-refractivity contribution >= 4 is 11.9 Å². The van der Waals surface area contributed by atoms with Crippen LogP contribution >= 0.6 is 0 Å². The predicted octanol–water partition coefficient (Wildman–Crippen LogP) is 0.845.